The SMILES string of the molecule is CN(Cc1nccs1)C1CC12CCN(C(=O)c1cnn(C)c1)CC2. The highest BCUT2D eigenvalue weighted by Gasteiger charge is 2.56. The van der Waals surface area contributed by atoms with Gasteiger partial charge in [0, 0.05) is 44.0 Å². The minimum atomic E-state index is 0.117. The summed E-state index contributed by atoms with van der Waals surface area (Å²) in [6, 6.07) is 0.636. The van der Waals surface area contributed by atoms with Crippen LogP contribution in [0.1, 0.15) is 34.6 Å². The fraction of sp³-hybridized carbons (Fsp3) is 0.588. The van der Waals surface area contributed by atoms with Crippen LogP contribution in [0.15, 0.2) is 24.0 Å². The van der Waals surface area contributed by atoms with Crippen LogP contribution in [0.25, 0.3) is 0 Å². The first-order valence-corrected chi connectivity index (χ1v) is 9.32. The Hall–Kier alpha value is -1.73. The molecule has 24 heavy (non-hydrogen) atoms. The fourth-order valence-electron chi connectivity index (χ4n) is 4.01. The molecule has 1 unspecified atom stereocenters. The van der Waals surface area contributed by atoms with E-state index in [0.717, 1.165) is 32.5 Å². The van der Waals surface area contributed by atoms with Gasteiger partial charge in [-0.1, -0.05) is 0 Å². The molecule has 1 saturated heterocycles. The number of carbonyl (C=O) groups is 1. The predicted octanol–water partition coefficient (Wildman–Crippen LogP) is 2.00. The Labute approximate surface area is 146 Å². The van der Waals surface area contributed by atoms with Gasteiger partial charge in [0.1, 0.15) is 5.01 Å². The van der Waals surface area contributed by atoms with Crippen molar-refractivity contribution in [1.29, 1.82) is 0 Å². The zero-order chi connectivity index (χ0) is 16.7. The van der Waals surface area contributed by atoms with Crippen LogP contribution in [0.2, 0.25) is 0 Å². The van der Waals surface area contributed by atoms with Crippen LogP contribution in [0.4, 0.5) is 0 Å². The normalized spacial score (nSPS) is 22.3. The monoisotopic (exact) mass is 345 g/mol. The van der Waals surface area contributed by atoms with Gasteiger partial charge < -0.3 is 4.90 Å². The number of aryl methyl sites for hydroxylation is 1. The van der Waals surface area contributed by atoms with Crippen molar-refractivity contribution in [3.63, 3.8) is 0 Å². The minimum Gasteiger partial charge on any atom is -0.339 e. The number of amides is 1. The molecular formula is C17H23N5OS. The maximum atomic E-state index is 12.5. The van der Waals surface area contributed by atoms with Crippen LogP contribution in [0, 0.1) is 5.41 Å². The molecule has 0 radical (unpaired) electrons. The summed E-state index contributed by atoms with van der Waals surface area (Å²) in [5.74, 6) is 0.117. The third kappa shape index (κ3) is 2.86. The number of piperidine rings is 1. The van der Waals surface area contributed by atoms with E-state index in [1.165, 1.54) is 11.4 Å². The first kappa shape index (κ1) is 15.8. The van der Waals surface area contributed by atoms with Crippen LogP contribution in [-0.4, -0.2) is 56.7 Å². The molecule has 1 amide bonds. The smallest absolute Gasteiger partial charge is 0.257 e. The molecule has 0 aromatic carbocycles. The van der Waals surface area contributed by atoms with E-state index >= 15 is 0 Å². The first-order chi connectivity index (χ1) is 11.6. The minimum absolute atomic E-state index is 0.117. The molecule has 3 heterocycles. The number of likely N-dealkylation sites (tertiary alicyclic amines) is 1. The molecule has 0 bridgehead atoms. The van der Waals surface area contributed by atoms with Crippen LogP contribution in [0.3, 0.4) is 0 Å². The molecule has 1 spiro atoms. The van der Waals surface area contributed by atoms with Gasteiger partial charge in [-0.2, -0.15) is 5.10 Å². The molecule has 2 fully saturated rings. The number of carbonyl (C=O) groups excluding carboxylic acids is 1. The molecule has 128 valence electrons. The highest BCUT2D eigenvalue weighted by molar-refractivity contribution is 7.09. The third-order valence-corrected chi connectivity index (χ3v) is 6.31. The standard InChI is InChI=1S/C17H23N5OS/c1-20(12-15-18-5-8-24-15)14-9-17(14)3-6-22(7-4-17)16(23)13-10-19-21(2)11-13/h5,8,10-11,14H,3-4,6-7,9,12H2,1-2H3. The van der Waals surface area contributed by atoms with Gasteiger partial charge in [-0.25, -0.2) is 4.98 Å². The summed E-state index contributed by atoms with van der Waals surface area (Å²) in [5.41, 5.74) is 1.11. The van der Waals surface area contributed by atoms with Crippen molar-refractivity contribution in [2.75, 3.05) is 20.1 Å². The van der Waals surface area contributed by atoms with Crippen molar-refractivity contribution in [2.24, 2.45) is 12.5 Å². The van der Waals surface area contributed by atoms with Gasteiger partial charge in [0.15, 0.2) is 0 Å². The zero-order valence-corrected chi connectivity index (χ0v) is 15.0. The summed E-state index contributed by atoms with van der Waals surface area (Å²) in [6.07, 6.45) is 8.80. The van der Waals surface area contributed by atoms with Crippen molar-refractivity contribution < 1.29 is 4.79 Å². The molecule has 1 saturated carbocycles. The lowest BCUT2D eigenvalue weighted by molar-refractivity contribution is 0.0657. The van der Waals surface area contributed by atoms with Gasteiger partial charge in [0.05, 0.1) is 18.3 Å². The Morgan fingerprint density at radius 3 is 2.88 bits per heavy atom. The zero-order valence-electron chi connectivity index (χ0n) is 14.2. The number of aromatic nitrogens is 3. The predicted molar refractivity (Wildman–Crippen MR) is 92.8 cm³/mol. The van der Waals surface area contributed by atoms with E-state index in [0.29, 0.717) is 17.0 Å². The molecular weight excluding hydrogens is 322 g/mol. The average Bonchev–Trinajstić information content (AvgIpc) is 2.95. The van der Waals surface area contributed by atoms with Gasteiger partial charge >= 0.3 is 0 Å². The molecule has 0 N–H and O–H groups in total. The molecule has 2 aliphatic rings. The topological polar surface area (TPSA) is 54.3 Å². The average molecular weight is 345 g/mol. The third-order valence-electron chi connectivity index (χ3n) is 5.55. The van der Waals surface area contributed by atoms with E-state index in [1.54, 1.807) is 28.4 Å². The lowest BCUT2D eigenvalue weighted by Gasteiger charge is -2.34. The van der Waals surface area contributed by atoms with Crippen LogP contribution >= 0.6 is 11.3 Å². The van der Waals surface area contributed by atoms with E-state index in [9.17, 15) is 4.79 Å². The summed E-state index contributed by atoms with van der Waals surface area (Å²) in [7, 11) is 4.04. The molecule has 2 aromatic rings. The summed E-state index contributed by atoms with van der Waals surface area (Å²) < 4.78 is 1.68. The van der Waals surface area contributed by atoms with Gasteiger partial charge in [-0.05, 0) is 31.7 Å². The van der Waals surface area contributed by atoms with Gasteiger partial charge in [0.25, 0.3) is 5.91 Å². The van der Waals surface area contributed by atoms with Gasteiger partial charge in [-0.15, -0.1) is 11.3 Å². The lowest BCUT2D eigenvalue weighted by Crippen LogP contribution is -2.41. The Balaban J connectivity index is 1.33. The second-order valence-corrected chi connectivity index (χ2v) is 8.10. The molecule has 7 heteroatoms. The maximum absolute atomic E-state index is 12.5. The summed E-state index contributed by atoms with van der Waals surface area (Å²) >= 11 is 1.72. The van der Waals surface area contributed by atoms with Crippen molar-refractivity contribution in [3.05, 3.63) is 34.5 Å². The summed E-state index contributed by atoms with van der Waals surface area (Å²) in [4.78, 5) is 21.3. The van der Waals surface area contributed by atoms with E-state index in [4.69, 9.17) is 0 Å². The highest BCUT2D eigenvalue weighted by atomic mass is 32.1. The number of nitrogens with zero attached hydrogens (tertiary/aromatic N) is 5. The van der Waals surface area contributed by atoms with Crippen molar-refractivity contribution >= 4 is 17.2 Å². The molecule has 1 aliphatic heterocycles. The van der Waals surface area contributed by atoms with E-state index in [-0.39, 0.29) is 5.91 Å². The second-order valence-electron chi connectivity index (χ2n) is 7.12. The highest BCUT2D eigenvalue weighted by Crippen LogP contribution is 2.56. The Kier molecular flexibility index (Phi) is 3.92. The van der Waals surface area contributed by atoms with Crippen molar-refractivity contribution in [2.45, 2.75) is 31.8 Å². The quantitative estimate of drug-likeness (QED) is 0.850. The van der Waals surface area contributed by atoms with E-state index in [1.807, 2.05) is 23.5 Å². The Morgan fingerprint density at radius 2 is 2.25 bits per heavy atom. The van der Waals surface area contributed by atoms with Crippen LogP contribution < -0.4 is 0 Å². The van der Waals surface area contributed by atoms with Crippen LogP contribution in [0.5, 0.6) is 0 Å². The molecule has 6 nitrogen and oxygen atoms in total. The van der Waals surface area contributed by atoms with E-state index in [2.05, 4.69) is 22.0 Å². The molecule has 1 atom stereocenters. The summed E-state index contributed by atoms with van der Waals surface area (Å²) in [5, 5.41) is 7.32. The molecule has 2 aromatic heterocycles. The Bertz CT molecular complexity index is 717. The fourth-order valence-corrected chi connectivity index (χ4v) is 4.69. The molecule has 1 aliphatic carbocycles. The summed E-state index contributed by atoms with van der Waals surface area (Å²) in [6.45, 7) is 2.65. The first-order valence-electron chi connectivity index (χ1n) is 8.44. The second kappa shape index (κ2) is 5.97. The van der Waals surface area contributed by atoms with Crippen LogP contribution in [-0.2, 0) is 13.6 Å². The van der Waals surface area contributed by atoms with Crippen molar-refractivity contribution in [3.8, 4) is 0 Å². The number of rotatable bonds is 4. The largest absolute Gasteiger partial charge is 0.339 e. The molecule has 4 rings (SSSR count). The number of hydrogen-bond donors (Lipinski definition) is 0. The van der Waals surface area contributed by atoms with E-state index < -0.39 is 0 Å². The van der Waals surface area contributed by atoms with Crippen molar-refractivity contribution in [1.82, 2.24) is 24.6 Å². The Morgan fingerprint density at radius 1 is 1.46 bits per heavy atom. The maximum Gasteiger partial charge on any atom is 0.257 e. The van der Waals surface area contributed by atoms with Gasteiger partial charge in [0.2, 0.25) is 0 Å². The number of thiazole rings is 1. The number of hydrogen-bond acceptors (Lipinski definition) is 5. The van der Waals surface area contributed by atoms with Gasteiger partial charge in [-0.3, -0.25) is 14.4 Å². The lowest BCUT2D eigenvalue weighted by atomic mass is 9.92.